The maximum absolute atomic E-state index is 11.9. The standard InChI is InChI=1S/C11H16F3N3/c1-2-5-16-10-8-9(3-6-17-10)15-7-4-11(12,13)14/h3,6,8H,2,4-5,7H2,1H3,(H2,15,16,17). The van der Waals surface area contributed by atoms with Crippen LogP contribution in [0.4, 0.5) is 24.7 Å². The van der Waals surface area contributed by atoms with E-state index in [1.54, 1.807) is 18.3 Å². The summed E-state index contributed by atoms with van der Waals surface area (Å²) in [6.07, 6.45) is -2.43. The van der Waals surface area contributed by atoms with Crippen molar-refractivity contribution >= 4 is 11.5 Å². The summed E-state index contributed by atoms with van der Waals surface area (Å²) in [5.41, 5.74) is 0.642. The van der Waals surface area contributed by atoms with E-state index in [2.05, 4.69) is 15.6 Å². The van der Waals surface area contributed by atoms with Crippen molar-refractivity contribution in [1.29, 1.82) is 0 Å². The van der Waals surface area contributed by atoms with E-state index >= 15 is 0 Å². The van der Waals surface area contributed by atoms with Gasteiger partial charge in [-0.1, -0.05) is 6.92 Å². The Kier molecular flexibility index (Phi) is 5.06. The van der Waals surface area contributed by atoms with Gasteiger partial charge in [0, 0.05) is 31.0 Å². The lowest BCUT2D eigenvalue weighted by Gasteiger charge is -2.10. The fourth-order valence-corrected chi connectivity index (χ4v) is 1.24. The number of halogens is 3. The van der Waals surface area contributed by atoms with Crippen LogP contribution in [0.15, 0.2) is 18.3 Å². The first-order valence-electron chi connectivity index (χ1n) is 5.52. The van der Waals surface area contributed by atoms with E-state index in [1.165, 1.54) is 0 Å². The van der Waals surface area contributed by atoms with Gasteiger partial charge < -0.3 is 10.6 Å². The number of nitrogens with zero attached hydrogens (tertiary/aromatic N) is 1. The number of hydrogen-bond donors (Lipinski definition) is 2. The van der Waals surface area contributed by atoms with E-state index in [-0.39, 0.29) is 6.54 Å². The van der Waals surface area contributed by atoms with Crippen molar-refractivity contribution in [3.05, 3.63) is 18.3 Å². The number of anilines is 2. The van der Waals surface area contributed by atoms with Crippen molar-refractivity contribution in [2.45, 2.75) is 25.9 Å². The Labute approximate surface area is 98.4 Å². The summed E-state index contributed by atoms with van der Waals surface area (Å²) < 4.78 is 35.8. The smallest absolute Gasteiger partial charge is 0.385 e. The largest absolute Gasteiger partial charge is 0.390 e. The SMILES string of the molecule is CCCNc1cc(NCCC(F)(F)F)ccn1. The molecule has 0 unspecified atom stereocenters. The quantitative estimate of drug-likeness (QED) is 0.810. The van der Waals surface area contributed by atoms with Gasteiger partial charge in [0.25, 0.3) is 0 Å². The van der Waals surface area contributed by atoms with Crippen molar-refractivity contribution in [2.75, 3.05) is 23.7 Å². The van der Waals surface area contributed by atoms with Gasteiger partial charge in [-0.2, -0.15) is 13.2 Å². The van der Waals surface area contributed by atoms with Crippen LogP contribution in [-0.4, -0.2) is 24.2 Å². The van der Waals surface area contributed by atoms with E-state index in [0.29, 0.717) is 11.5 Å². The lowest BCUT2D eigenvalue weighted by atomic mass is 10.3. The van der Waals surface area contributed by atoms with Crippen LogP contribution in [0.3, 0.4) is 0 Å². The van der Waals surface area contributed by atoms with Gasteiger partial charge in [0.1, 0.15) is 5.82 Å². The zero-order chi connectivity index (χ0) is 12.7. The zero-order valence-electron chi connectivity index (χ0n) is 9.64. The third kappa shape index (κ3) is 5.99. The second-order valence-corrected chi connectivity index (χ2v) is 3.65. The normalized spacial score (nSPS) is 11.3. The predicted molar refractivity (Wildman–Crippen MR) is 62.2 cm³/mol. The predicted octanol–water partition coefficient (Wildman–Crippen LogP) is 3.27. The highest BCUT2D eigenvalue weighted by Gasteiger charge is 2.26. The van der Waals surface area contributed by atoms with Crippen LogP contribution < -0.4 is 10.6 Å². The molecule has 1 heterocycles. The molecule has 0 aliphatic heterocycles. The Morgan fingerprint density at radius 1 is 1.24 bits per heavy atom. The molecule has 17 heavy (non-hydrogen) atoms. The van der Waals surface area contributed by atoms with Gasteiger partial charge in [0.05, 0.1) is 6.42 Å². The van der Waals surface area contributed by atoms with E-state index in [4.69, 9.17) is 0 Å². The average molecular weight is 247 g/mol. The van der Waals surface area contributed by atoms with E-state index in [1.807, 2.05) is 6.92 Å². The Bertz CT molecular complexity index is 339. The number of pyridine rings is 1. The molecule has 0 amide bonds. The minimum absolute atomic E-state index is 0.124. The number of aromatic nitrogens is 1. The van der Waals surface area contributed by atoms with Crippen LogP contribution in [0.25, 0.3) is 0 Å². The number of hydrogen-bond acceptors (Lipinski definition) is 3. The summed E-state index contributed by atoms with van der Waals surface area (Å²) in [6, 6.07) is 3.35. The van der Waals surface area contributed by atoms with Crippen molar-refractivity contribution in [1.82, 2.24) is 4.98 Å². The average Bonchev–Trinajstić information content (AvgIpc) is 2.25. The maximum atomic E-state index is 11.9. The summed E-state index contributed by atoms with van der Waals surface area (Å²) in [6.45, 7) is 2.69. The lowest BCUT2D eigenvalue weighted by molar-refractivity contribution is -0.131. The van der Waals surface area contributed by atoms with Gasteiger partial charge in [-0.05, 0) is 12.5 Å². The van der Waals surface area contributed by atoms with Crippen LogP contribution in [0, 0.1) is 0 Å². The van der Waals surface area contributed by atoms with Crippen LogP contribution in [0.2, 0.25) is 0 Å². The molecule has 1 aromatic rings. The molecule has 6 heteroatoms. The van der Waals surface area contributed by atoms with Gasteiger partial charge >= 0.3 is 6.18 Å². The second-order valence-electron chi connectivity index (χ2n) is 3.65. The molecular weight excluding hydrogens is 231 g/mol. The van der Waals surface area contributed by atoms with Crippen molar-refractivity contribution in [3.63, 3.8) is 0 Å². The molecule has 2 N–H and O–H groups in total. The molecule has 0 aliphatic rings. The van der Waals surface area contributed by atoms with Crippen LogP contribution in [0.1, 0.15) is 19.8 Å². The Morgan fingerprint density at radius 2 is 2.00 bits per heavy atom. The first-order chi connectivity index (χ1) is 8.01. The summed E-state index contributed by atoms with van der Waals surface area (Å²) in [5, 5.41) is 5.79. The summed E-state index contributed by atoms with van der Waals surface area (Å²) in [4.78, 5) is 4.06. The van der Waals surface area contributed by atoms with Gasteiger partial charge in [-0.25, -0.2) is 4.98 Å². The molecule has 1 aromatic heterocycles. The molecule has 96 valence electrons. The number of rotatable bonds is 6. The molecule has 1 rings (SSSR count). The molecule has 0 spiro atoms. The highest BCUT2D eigenvalue weighted by molar-refractivity contribution is 5.51. The fraction of sp³-hybridized carbons (Fsp3) is 0.545. The Hall–Kier alpha value is -1.46. The van der Waals surface area contributed by atoms with Gasteiger partial charge in [0.15, 0.2) is 0 Å². The van der Waals surface area contributed by atoms with Gasteiger partial charge in [-0.15, -0.1) is 0 Å². The minimum Gasteiger partial charge on any atom is -0.385 e. The molecule has 3 nitrogen and oxygen atoms in total. The monoisotopic (exact) mass is 247 g/mol. The number of alkyl halides is 3. The van der Waals surface area contributed by atoms with Gasteiger partial charge in [0.2, 0.25) is 0 Å². The topological polar surface area (TPSA) is 37.0 Å². The molecule has 0 bridgehead atoms. The summed E-state index contributed by atoms with van der Waals surface area (Å²) in [7, 11) is 0. The highest BCUT2D eigenvalue weighted by Crippen LogP contribution is 2.20. The van der Waals surface area contributed by atoms with E-state index in [0.717, 1.165) is 13.0 Å². The first kappa shape index (κ1) is 13.6. The Balaban J connectivity index is 2.43. The molecule has 0 fully saturated rings. The van der Waals surface area contributed by atoms with Crippen molar-refractivity contribution < 1.29 is 13.2 Å². The Morgan fingerprint density at radius 3 is 2.65 bits per heavy atom. The van der Waals surface area contributed by atoms with Gasteiger partial charge in [-0.3, -0.25) is 0 Å². The molecule has 0 aromatic carbocycles. The summed E-state index contributed by atoms with van der Waals surface area (Å²) in [5.74, 6) is 0.670. The third-order valence-corrected chi connectivity index (χ3v) is 2.05. The van der Waals surface area contributed by atoms with Crippen molar-refractivity contribution in [2.24, 2.45) is 0 Å². The molecule has 0 saturated heterocycles. The van der Waals surface area contributed by atoms with Crippen LogP contribution >= 0.6 is 0 Å². The van der Waals surface area contributed by atoms with E-state index < -0.39 is 12.6 Å². The third-order valence-electron chi connectivity index (χ3n) is 2.05. The number of nitrogens with one attached hydrogen (secondary N) is 2. The van der Waals surface area contributed by atoms with E-state index in [9.17, 15) is 13.2 Å². The van der Waals surface area contributed by atoms with Crippen molar-refractivity contribution in [3.8, 4) is 0 Å². The second kappa shape index (κ2) is 6.32. The van der Waals surface area contributed by atoms with Crippen LogP contribution in [-0.2, 0) is 0 Å². The lowest BCUT2D eigenvalue weighted by Crippen LogP contribution is -2.14. The maximum Gasteiger partial charge on any atom is 0.390 e. The van der Waals surface area contributed by atoms with Crippen LogP contribution in [0.5, 0.6) is 0 Å². The first-order valence-corrected chi connectivity index (χ1v) is 5.52. The minimum atomic E-state index is -4.12. The fourth-order valence-electron chi connectivity index (χ4n) is 1.24. The summed E-state index contributed by atoms with van der Waals surface area (Å²) >= 11 is 0. The molecule has 0 radical (unpaired) electrons. The molecule has 0 aliphatic carbocycles. The molecular formula is C11H16F3N3. The highest BCUT2D eigenvalue weighted by atomic mass is 19.4. The molecule has 0 atom stereocenters. The molecule has 0 saturated carbocycles. The zero-order valence-corrected chi connectivity index (χ0v) is 9.64.